The lowest BCUT2D eigenvalue weighted by Crippen LogP contribution is -2.41. The molecule has 0 saturated carbocycles. The minimum absolute atomic E-state index is 0.0870. The number of carbonyl (C=O) groups is 1. The quantitative estimate of drug-likeness (QED) is 0.726. The van der Waals surface area contributed by atoms with E-state index in [1.54, 1.807) is 6.26 Å². The van der Waals surface area contributed by atoms with Crippen molar-refractivity contribution >= 4 is 17.7 Å². The first kappa shape index (κ1) is 18.9. The molecule has 0 radical (unpaired) electrons. The molecule has 2 rings (SSSR count). The Labute approximate surface area is 146 Å². The molecule has 1 heterocycles. The van der Waals surface area contributed by atoms with Gasteiger partial charge in [-0.25, -0.2) is 13.6 Å². The molecule has 0 fully saturated rings. The van der Waals surface area contributed by atoms with E-state index in [2.05, 4.69) is 0 Å². The topological polar surface area (TPSA) is 70.3 Å². The number of nitrogens with zero attached hydrogens (tertiary/aromatic N) is 2. The normalized spacial score (nSPS) is 10.7. The Morgan fingerprint density at radius 3 is 2.60 bits per heavy atom. The van der Waals surface area contributed by atoms with Crippen molar-refractivity contribution in [1.82, 2.24) is 9.13 Å². The van der Waals surface area contributed by atoms with Crippen LogP contribution in [0.3, 0.4) is 0 Å². The van der Waals surface area contributed by atoms with Gasteiger partial charge in [0.05, 0.1) is 5.56 Å². The van der Waals surface area contributed by atoms with Gasteiger partial charge in [0.15, 0.2) is 18.4 Å². The van der Waals surface area contributed by atoms with Gasteiger partial charge in [-0.15, -0.1) is 0 Å². The first-order valence-electron chi connectivity index (χ1n) is 7.27. The number of ether oxygens (including phenoxy) is 1. The highest BCUT2D eigenvalue weighted by molar-refractivity contribution is 7.98. The highest BCUT2D eigenvalue weighted by atomic mass is 32.2. The molecular formula is C16H16F2N2O4S. The average molecular weight is 370 g/mol. The second-order valence-corrected chi connectivity index (χ2v) is 6.10. The van der Waals surface area contributed by atoms with Gasteiger partial charge < -0.3 is 4.74 Å². The summed E-state index contributed by atoms with van der Waals surface area (Å²) < 4.78 is 34.3. The minimum Gasteiger partial charge on any atom is -0.444 e. The van der Waals surface area contributed by atoms with Gasteiger partial charge in [0.1, 0.15) is 0 Å². The van der Waals surface area contributed by atoms with E-state index in [0.717, 1.165) is 21.4 Å². The minimum atomic E-state index is -1.19. The number of carbonyl (C=O) groups excluding carboxylic acids is 1. The van der Waals surface area contributed by atoms with Crippen LogP contribution < -0.4 is 11.2 Å². The summed E-state index contributed by atoms with van der Waals surface area (Å²) in [4.78, 5) is 36.0. The smallest absolute Gasteiger partial charge is 0.333 e. The number of esters is 1. The molecule has 0 aliphatic heterocycles. The van der Waals surface area contributed by atoms with E-state index in [0.29, 0.717) is 5.75 Å². The van der Waals surface area contributed by atoms with Gasteiger partial charge in [-0.05, 0) is 12.3 Å². The van der Waals surface area contributed by atoms with Crippen molar-refractivity contribution in [2.45, 2.75) is 20.2 Å². The van der Waals surface area contributed by atoms with Crippen LogP contribution in [-0.2, 0) is 22.8 Å². The summed E-state index contributed by atoms with van der Waals surface area (Å²) in [6.07, 6.45) is 2.87. The average Bonchev–Trinajstić information content (AvgIpc) is 2.57. The van der Waals surface area contributed by atoms with E-state index in [9.17, 15) is 23.2 Å². The molecule has 0 bridgehead atoms. The molecule has 0 saturated heterocycles. The molecule has 0 amide bonds. The lowest BCUT2D eigenvalue weighted by atomic mass is 10.1. The maximum Gasteiger partial charge on any atom is 0.333 e. The van der Waals surface area contributed by atoms with Crippen LogP contribution in [0, 0.1) is 11.6 Å². The van der Waals surface area contributed by atoms with Gasteiger partial charge in [0.2, 0.25) is 0 Å². The number of rotatable bonds is 6. The van der Waals surface area contributed by atoms with E-state index in [-0.39, 0.29) is 17.7 Å². The molecule has 1 aromatic heterocycles. The summed E-state index contributed by atoms with van der Waals surface area (Å²) >= 11 is 1.42. The summed E-state index contributed by atoms with van der Waals surface area (Å²) in [5.74, 6) is -2.44. The van der Waals surface area contributed by atoms with Crippen molar-refractivity contribution in [3.05, 3.63) is 56.9 Å². The number of hydrogen-bond donors (Lipinski definition) is 0. The van der Waals surface area contributed by atoms with Gasteiger partial charge in [-0.3, -0.25) is 18.7 Å². The Bertz CT molecular complexity index is 908. The second kappa shape index (κ2) is 8.11. The molecule has 0 aliphatic carbocycles. The summed E-state index contributed by atoms with van der Waals surface area (Å²) in [5.41, 5.74) is -1.88. The predicted molar refractivity (Wildman–Crippen MR) is 90.5 cm³/mol. The number of halogens is 2. The molecule has 0 spiro atoms. The van der Waals surface area contributed by atoms with E-state index >= 15 is 0 Å². The Morgan fingerprint density at radius 2 is 1.96 bits per heavy atom. The number of aromatic nitrogens is 2. The molecule has 1 aromatic carbocycles. The Balaban J connectivity index is 2.68. The Kier molecular flexibility index (Phi) is 6.13. The summed E-state index contributed by atoms with van der Waals surface area (Å²) in [6.45, 7) is 0.823. The molecule has 134 valence electrons. The monoisotopic (exact) mass is 370 g/mol. The Morgan fingerprint density at radius 1 is 1.24 bits per heavy atom. The third-order valence-electron chi connectivity index (χ3n) is 3.40. The molecule has 0 aliphatic rings. The first-order valence-corrected chi connectivity index (χ1v) is 8.67. The summed E-state index contributed by atoms with van der Waals surface area (Å²) in [6, 6.07) is 3.44. The van der Waals surface area contributed by atoms with Crippen LogP contribution in [-0.4, -0.2) is 27.1 Å². The van der Waals surface area contributed by atoms with E-state index in [4.69, 9.17) is 4.74 Å². The molecular weight excluding hydrogens is 354 g/mol. The fraction of sp³-hybridized carbons (Fsp3) is 0.312. The van der Waals surface area contributed by atoms with Crippen LogP contribution >= 0.6 is 11.8 Å². The number of benzene rings is 1. The second-order valence-electron chi connectivity index (χ2n) is 5.11. The Hall–Kier alpha value is -2.42. The maximum absolute atomic E-state index is 14.1. The predicted octanol–water partition coefficient (Wildman–Crippen LogP) is 1.84. The number of thioether (sulfide) groups is 1. The van der Waals surface area contributed by atoms with Gasteiger partial charge in [-0.1, -0.05) is 12.1 Å². The standard InChI is InChI=1S/C16H16F2N2O4S/c1-10(21)24-9-19-8-12(11-4-3-5-13(17)14(11)18)15(22)20(16(19)23)6-7-25-2/h3-5,8H,6-7,9H2,1-2H3. The van der Waals surface area contributed by atoms with E-state index < -0.39 is 35.6 Å². The first-order chi connectivity index (χ1) is 11.9. The summed E-state index contributed by atoms with van der Waals surface area (Å²) in [5, 5.41) is 0. The highest BCUT2D eigenvalue weighted by Gasteiger charge is 2.18. The lowest BCUT2D eigenvalue weighted by molar-refractivity contribution is -0.144. The van der Waals surface area contributed by atoms with Crippen molar-refractivity contribution < 1.29 is 18.3 Å². The van der Waals surface area contributed by atoms with Gasteiger partial charge in [-0.2, -0.15) is 11.8 Å². The van der Waals surface area contributed by atoms with Crippen molar-refractivity contribution in [2.75, 3.05) is 12.0 Å². The van der Waals surface area contributed by atoms with Crippen LogP contribution in [0.5, 0.6) is 0 Å². The SMILES string of the molecule is CSCCn1c(=O)c(-c2cccc(F)c2F)cn(COC(C)=O)c1=O. The third-order valence-corrected chi connectivity index (χ3v) is 4.00. The molecule has 25 heavy (non-hydrogen) atoms. The fourth-order valence-corrected chi connectivity index (χ4v) is 2.55. The van der Waals surface area contributed by atoms with E-state index in [1.165, 1.54) is 30.8 Å². The number of hydrogen-bond acceptors (Lipinski definition) is 5. The maximum atomic E-state index is 14.1. The molecule has 9 heteroatoms. The van der Waals surface area contributed by atoms with Crippen molar-refractivity contribution in [3.8, 4) is 11.1 Å². The van der Waals surface area contributed by atoms with Crippen molar-refractivity contribution in [2.24, 2.45) is 0 Å². The van der Waals surface area contributed by atoms with Gasteiger partial charge in [0.25, 0.3) is 5.56 Å². The zero-order valence-electron chi connectivity index (χ0n) is 13.6. The largest absolute Gasteiger partial charge is 0.444 e. The van der Waals surface area contributed by atoms with Crippen LogP contribution in [0.15, 0.2) is 34.0 Å². The molecule has 6 nitrogen and oxygen atoms in total. The van der Waals surface area contributed by atoms with Crippen LogP contribution in [0.2, 0.25) is 0 Å². The van der Waals surface area contributed by atoms with Gasteiger partial charge in [0, 0.05) is 31.0 Å². The molecule has 0 N–H and O–H groups in total. The fourth-order valence-electron chi connectivity index (χ4n) is 2.18. The third kappa shape index (κ3) is 4.16. The van der Waals surface area contributed by atoms with Crippen molar-refractivity contribution in [3.63, 3.8) is 0 Å². The summed E-state index contributed by atoms with van der Waals surface area (Å²) in [7, 11) is 0. The zero-order chi connectivity index (χ0) is 18.6. The van der Waals surface area contributed by atoms with E-state index in [1.807, 2.05) is 0 Å². The lowest BCUT2D eigenvalue weighted by Gasteiger charge is -2.13. The highest BCUT2D eigenvalue weighted by Crippen LogP contribution is 2.21. The van der Waals surface area contributed by atoms with Crippen molar-refractivity contribution in [1.29, 1.82) is 0 Å². The molecule has 0 unspecified atom stereocenters. The van der Waals surface area contributed by atoms with Crippen LogP contribution in [0.1, 0.15) is 6.92 Å². The van der Waals surface area contributed by atoms with Gasteiger partial charge >= 0.3 is 11.7 Å². The molecule has 0 atom stereocenters. The zero-order valence-corrected chi connectivity index (χ0v) is 14.4. The van der Waals surface area contributed by atoms with Crippen LogP contribution in [0.25, 0.3) is 11.1 Å². The molecule has 2 aromatic rings. The van der Waals surface area contributed by atoms with Crippen LogP contribution in [0.4, 0.5) is 8.78 Å².